The maximum atomic E-state index is 11.2. The summed E-state index contributed by atoms with van der Waals surface area (Å²) in [6.07, 6.45) is -0.111. The van der Waals surface area contributed by atoms with Crippen molar-refractivity contribution in [3.05, 3.63) is 29.8 Å². The first kappa shape index (κ1) is 12.3. The van der Waals surface area contributed by atoms with Gasteiger partial charge in [-0.15, -0.1) is 0 Å². The second kappa shape index (κ2) is 4.80. The van der Waals surface area contributed by atoms with E-state index < -0.39 is 0 Å². The lowest BCUT2D eigenvalue weighted by Gasteiger charge is -2.19. The zero-order valence-corrected chi connectivity index (χ0v) is 9.87. The van der Waals surface area contributed by atoms with Crippen LogP contribution in [-0.4, -0.2) is 5.91 Å². The second-order valence-corrected chi connectivity index (χ2v) is 4.71. The molecule has 0 atom stereocenters. The van der Waals surface area contributed by atoms with Crippen molar-refractivity contribution >= 4 is 11.6 Å². The molecule has 0 heterocycles. The fourth-order valence-electron chi connectivity index (χ4n) is 1.34. The molecular formula is C13H16N2O. The third kappa shape index (κ3) is 3.39. The summed E-state index contributed by atoms with van der Waals surface area (Å²) in [6.45, 7) is 6.34. The lowest BCUT2D eigenvalue weighted by atomic mass is 9.87. The number of nitrogens with one attached hydrogen (secondary N) is 1. The highest BCUT2D eigenvalue weighted by Gasteiger charge is 2.13. The molecule has 1 amide bonds. The molecule has 3 heteroatoms. The summed E-state index contributed by atoms with van der Waals surface area (Å²) in [5, 5.41) is 11.1. The first-order chi connectivity index (χ1) is 7.43. The van der Waals surface area contributed by atoms with Crippen molar-refractivity contribution in [2.45, 2.75) is 32.6 Å². The van der Waals surface area contributed by atoms with Gasteiger partial charge in [-0.1, -0.05) is 32.9 Å². The zero-order valence-electron chi connectivity index (χ0n) is 9.87. The predicted octanol–water partition coefficient (Wildman–Crippen LogP) is 2.84. The Morgan fingerprint density at radius 2 is 2.12 bits per heavy atom. The molecule has 0 saturated carbocycles. The van der Waals surface area contributed by atoms with E-state index in [2.05, 4.69) is 26.1 Å². The van der Waals surface area contributed by atoms with E-state index in [0.29, 0.717) is 0 Å². The van der Waals surface area contributed by atoms with Gasteiger partial charge in [-0.2, -0.15) is 5.26 Å². The number of hydrogen-bond acceptors (Lipinski definition) is 2. The SMILES string of the molecule is CC(C)(C)c1cccc(NC(=O)CC#N)c1. The van der Waals surface area contributed by atoms with Crippen LogP contribution in [0.15, 0.2) is 24.3 Å². The first-order valence-electron chi connectivity index (χ1n) is 5.21. The van der Waals surface area contributed by atoms with E-state index in [1.807, 2.05) is 30.3 Å². The molecule has 3 nitrogen and oxygen atoms in total. The van der Waals surface area contributed by atoms with E-state index in [9.17, 15) is 4.79 Å². The van der Waals surface area contributed by atoms with Gasteiger partial charge in [-0.3, -0.25) is 4.79 Å². The van der Waals surface area contributed by atoms with E-state index >= 15 is 0 Å². The van der Waals surface area contributed by atoms with Crippen molar-refractivity contribution < 1.29 is 4.79 Å². The summed E-state index contributed by atoms with van der Waals surface area (Å²) in [7, 11) is 0. The minimum Gasteiger partial charge on any atom is -0.325 e. The number of hydrogen-bond donors (Lipinski definition) is 1. The molecule has 1 aromatic carbocycles. The van der Waals surface area contributed by atoms with E-state index in [1.54, 1.807) is 0 Å². The molecule has 0 bridgehead atoms. The molecule has 0 aromatic heterocycles. The number of rotatable bonds is 2. The molecule has 1 N–H and O–H groups in total. The van der Waals surface area contributed by atoms with Crippen LogP contribution in [0.3, 0.4) is 0 Å². The predicted molar refractivity (Wildman–Crippen MR) is 64.0 cm³/mol. The highest BCUT2D eigenvalue weighted by molar-refractivity contribution is 5.92. The number of carbonyl (C=O) groups excluding carboxylic acids is 1. The Morgan fingerprint density at radius 1 is 1.44 bits per heavy atom. The number of amides is 1. The molecule has 16 heavy (non-hydrogen) atoms. The summed E-state index contributed by atoms with van der Waals surface area (Å²) in [5.41, 5.74) is 1.95. The average molecular weight is 216 g/mol. The number of nitriles is 1. The fourth-order valence-corrected chi connectivity index (χ4v) is 1.34. The number of benzene rings is 1. The maximum Gasteiger partial charge on any atom is 0.238 e. The molecule has 0 fully saturated rings. The first-order valence-corrected chi connectivity index (χ1v) is 5.21. The van der Waals surface area contributed by atoms with Crippen LogP contribution in [0.2, 0.25) is 0 Å². The summed E-state index contributed by atoms with van der Waals surface area (Å²) in [6, 6.07) is 9.52. The number of nitrogens with zero attached hydrogens (tertiary/aromatic N) is 1. The van der Waals surface area contributed by atoms with Gasteiger partial charge in [0.05, 0.1) is 6.07 Å². The van der Waals surface area contributed by atoms with Gasteiger partial charge >= 0.3 is 0 Å². The van der Waals surface area contributed by atoms with Crippen molar-refractivity contribution in [2.75, 3.05) is 5.32 Å². The number of carbonyl (C=O) groups is 1. The van der Waals surface area contributed by atoms with Crippen LogP contribution in [0.1, 0.15) is 32.8 Å². The molecule has 0 unspecified atom stereocenters. The van der Waals surface area contributed by atoms with Crippen molar-refractivity contribution in [3.63, 3.8) is 0 Å². The van der Waals surface area contributed by atoms with Crippen LogP contribution in [0.4, 0.5) is 5.69 Å². The number of anilines is 1. The second-order valence-electron chi connectivity index (χ2n) is 4.71. The van der Waals surface area contributed by atoms with Crippen LogP contribution in [0.25, 0.3) is 0 Å². The average Bonchev–Trinajstić information content (AvgIpc) is 2.17. The van der Waals surface area contributed by atoms with E-state index in [0.717, 1.165) is 11.3 Å². The van der Waals surface area contributed by atoms with E-state index in [4.69, 9.17) is 5.26 Å². The largest absolute Gasteiger partial charge is 0.325 e. The molecule has 0 aliphatic heterocycles. The molecule has 1 rings (SSSR count). The molecular weight excluding hydrogens is 200 g/mol. The van der Waals surface area contributed by atoms with Gasteiger partial charge in [0.1, 0.15) is 6.42 Å². The summed E-state index contributed by atoms with van der Waals surface area (Å²) < 4.78 is 0. The Hall–Kier alpha value is -1.82. The van der Waals surface area contributed by atoms with Crippen molar-refractivity contribution in [3.8, 4) is 6.07 Å². The van der Waals surface area contributed by atoms with Crippen LogP contribution >= 0.6 is 0 Å². The Bertz CT molecular complexity index is 424. The van der Waals surface area contributed by atoms with Crippen LogP contribution in [-0.2, 0) is 10.2 Å². The Balaban J connectivity index is 2.84. The van der Waals surface area contributed by atoms with E-state index in [1.165, 1.54) is 0 Å². The summed E-state index contributed by atoms with van der Waals surface area (Å²) >= 11 is 0. The van der Waals surface area contributed by atoms with E-state index in [-0.39, 0.29) is 17.7 Å². The van der Waals surface area contributed by atoms with Gasteiger partial charge in [0.25, 0.3) is 0 Å². The highest BCUT2D eigenvalue weighted by Crippen LogP contribution is 2.24. The van der Waals surface area contributed by atoms with Crippen molar-refractivity contribution in [1.82, 2.24) is 0 Å². The molecule has 0 saturated heterocycles. The van der Waals surface area contributed by atoms with Gasteiger partial charge in [-0.25, -0.2) is 0 Å². The lowest BCUT2D eigenvalue weighted by molar-refractivity contribution is -0.115. The molecule has 0 radical (unpaired) electrons. The summed E-state index contributed by atoms with van der Waals surface area (Å²) in [4.78, 5) is 11.2. The van der Waals surface area contributed by atoms with Crippen LogP contribution in [0.5, 0.6) is 0 Å². The van der Waals surface area contributed by atoms with Gasteiger partial charge in [-0.05, 0) is 23.1 Å². The Kier molecular flexibility index (Phi) is 3.68. The fraction of sp³-hybridized carbons (Fsp3) is 0.385. The van der Waals surface area contributed by atoms with Crippen molar-refractivity contribution in [1.29, 1.82) is 5.26 Å². The quantitative estimate of drug-likeness (QED) is 0.826. The van der Waals surface area contributed by atoms with Gasteiger partial charge in [0, 0.05) is 5.69 Å². The Labute approximate surface area is 96.1 Å². The van der Waals surface area contributed by atoms with Gasteiger partial charge in [0.15, 0.2) is 0 Å². The monoisotopic (exact) mass is 216 g/mol. The summed E-state index contributed by atoms with van der Waals surface area (Å²) in [5.74, 6) is -0.270. The van der Waals surface area contributed by atoms with Gasteiger partial charge in [0.2, 0.25) is 5.91 Å². The zero-order chi connectivity index (χ0) is 12.2. The Morgan fingerprint density at radius 3 is 2.69 bits per heavy atom. The lowest BCUT2D eigenvalue weighted by Crippen LogP contribution is -2.13. The minimum atomic E-state index is -0.270. The molecule has 0 aliphatic carbocycles. The van der Waals surface area contributed by atoms with Crippen LogP contribution < -0.4 is 5.32 Å². The minimum absolute atomic E-state index is 0.0516. The molecule has 0 aliphatic rings. The third-order valence-electron chi connectivity index (χ3n) is 2.25. The van der Waals surface area contributed by atoms with Crippen molar-refractivity contribution in [2.24, 2.45) is 0 Å². The molecule has 0 spiro atoms. The third-order valence-corrected chi connectivity index (χ3v) is 2.25. The standard InChI is InChI=1S/C13H16N2O/c1-13(2,3)10-5-4-6-11(9-10)15-12(16)7-8-14/h4-6,9H,7H2,1-3H3,(H,15,16). The molecule has 84 valence electrons. The highest BCUT2D eigenvalue weighted by atomic mass is 16.1. The smallest absolute Gasteiger partial charge is 0.238 e. The molecule has 1 aromatic rings. The maximum absolute atomic E-state index is 11.2. The topological polar surface area (TPSA) is 52.9 Å². The van der Waals surface area contributed by atoms with Gasteiger partial charge < -0.3 is 5.32 Å². The van der Waals surface area contributed by atoms with Crippen LogP contribution in [0, 0.1) is 11.3 Å². The normalized spacial score (nSPS) is 10.6.